The standard InChI is InChI=1S/C20H27NO/c1-16(2)22-20-11-7-10-19(14-20)15-21-17(3)12-13-18-8-5-4-6-9-18/h4-11,14,16-17,21H,12-13,15H2,1-3H3/t17-/m0/s1. The van der Waals surface area contributed by atoms with Gasteiger partial charge in [0.1, 0.15) is 5.75 Å². The van der Waals surface area contributed by atoms with Gasteiger partial charge in [-0.2, -0.15) is 0 Å². The van der Waals surface area contributed by atoms with Gasteiger partial charge in [-0.25, -0.2) is 0 Å². The van der Waals surface area contributed by atoms with Crippen LogP contribution in [0.5, 0.6) is 5.75 Å². The van der Waals surface area contributed by atoms with Crippen molar-refractivity contribution in [2.24, 2.45) is 0 Å². The van der Waals surface area contributed by atoms with Crippen LogP contribution >= 0.6 is 0 Å². The number of aryl methyl sites for hydroxylation is 1. The van der Waals surface area contributed by atoms with Gasteiger partial charge >= 0.3 is 0 Å². The SMILES string of the molecule is CC(C)Oc1cccc(CN[C@@H](C)CCc2ccccc2)c1. The molecular formula is C20H27NO. The molecule has 22 heavy (non-hydrogen) atoms. The molecule has 0 radical (unpaired) electrons. The summed E-state index contributed by atoms with van der Waals surface area (Å²) in [5.41, 5.74) is 2.67. The number of hydrogen-bond acceptors (Lipinski definition) is 2. The van der Waals surface area contributed by atoms with Crippen LogP contribution in [0, 0.1) is 0 Å². The summed E-state index contributed by atoms with van der Waals surface area (Å²) in [6.45, 7) is 7.23. The highest BCUT2D eigenvalue weighted by Gasteiger charge is 2.04. The molecule has 1 N–H and O–H groups in total. The minimum atomic E-state index is 0.216. The average molecular weight is 297 g/mol. The van der Waals surface area contributed by atoms with E-state index in [2.05, 4.69) is 74.6 Å². The molecule has 0 spiro atoms. The fourth-order valence-electron chi connectivity index (χ4n) is 2.42. The van der Waals surface area contributed by atoms with Gasteiger partial charge in [0.25, 0.3) is 0 Å². The maximum absolute atomic E-state index is 5.74. The van der Waals surface area contributed by atoms with Crippen molar-refractivity contribution in [3.8, 4) is 5.75 Å². The van der Waals surface area contributed by atoms with Crippen LogP contribution in [0.4, 0.5) is 0 Å². The van der Waals surface area contributed by atoms with E-state index in [4.69, 9.17) is 4.74 Å². The van der Waals surface area contributed by atoms with Crippen molar-refractivity contribution in [2.75, 3.05) is 0 Å². The minimum absolute atomic E-state index is 0.216. The van der Waals surface area contributed by atoms with Gasteiger partial charge in [0.15, 0.2) is 0 Å². The first-order chi connectivity index (χ1) is 10.6. The summed E-state index contributed by atoms with van der Waals surface area (Å²) >= 11 is 0. The molecule has 0 aromatic heterocycles. The summed E-state index contributed by atoms with van der Waals surface area (Å²) in [6.07, 6.45) is 2.48. The van der Waals surface area contributed by atoms with Crippen LogP contribution < -0.4 is 10.1 Å². The van der Waals surface area contributed by atoms with Crippen molar-refractivity contribution in [2.45, 2.75) is 52.3 Å². The maximum Gasteiger partial charge on any atom is 0.120 e. The molecule has 0 aliphatic carbocycles. The second kappa shape index (κ2) is 8.60. The van der Waals surface area contributed by atoms with E-state index in [1.54, 1.807) is 0 Å². The summed E-state index contributed by atoms with van der Waals surface area (Å²) < 4.78 is 5.74. The van der Waals surface area contributed by atoms with E-state index < -0.39 is 0 Å². The number of nitrogens with one attached hydrogen (secondary N) is 1. The Kier molecular flexibility index (Phi) is 6.47. The molecule has 2 aromatic carbocycles. The van der Waals surface area contributed by atoms with Gasteiger partial charge in [-0.15, -0.1) is 0 Å². The summed E-state index contributed by atoms with van der Waals surface area (Å²) in [5.74, 6) is 0.950. The van der Waals surface area contributed by atoms with Crippen molar-refractivity contribution in [3.05, 3.63) is 65.7 Å². The molecule has 1 atom stereocenters. The smallest absolute Gasteiger partial charge is 0.120 e. The van der Waals surface area contributed by atoms with Crippen molar-refractivity contribution in [3.63, 3.8) is 0 Å². The Balaban J connectivity index is 1.77. The molecule has 2 aromatic rings. The highest BCUT2D eigenvalue weighted by Crippen LogP contribution is 2.15. The van der Waals surface area contributed by atoms with Crippen molar-refractivity contribution in [1.29, 1.82) is 0 Å². The third kappa shape index (κ3) is 5.90. The Morgan fingerprint density at radius 1 is 0.909 bits per heavy atom. The second-order valence-electron chi connectivity index (χ2n) is 6.12. The fourth-order valence-corrected chi connectivity index (χ4v) is 2.42. The molecule has 0 heterocycles. The molecular weight excluding hydrogens is 270 g/mol. The lowest BCUT2D eigenvalue weighted by Crippen LogP contribution is -2.26. The van der Waals surface area contributed by atoms with E-state index in [1.165, 1.54) is 11.1 Å². The molecule has 0 bridgehead atoms. The minimum Gasteiger partial charge on any atom is -0.491 e. The molecule has 118 valence electrons. The zero-order valence-corrected chi connectivity index (χ0v) is 13.9. The molecule has 0 aliphatic rings. The van der Waals surface area contributed by atoms with Gasteiger partial charge in [-0.05, 0) is 56.9 Å². The Morgan fingerprint density at radius 2 is 1.64 bits per heavy atom. The second-order valence-corrected chi connectivity index (χ2v) is 6.12. The maximum atomic E-state index is 5.74. The van der Waals surface area contributed by atoms with Crippen LogP contribution in [-0.4, -0.2) is 12.1 Å². The lowest BCUT2D eigenvalue weighted by molar-refractivity contribution is 0.242. The van der Waals surface area contributed by atoms with Gasteiger partial charge in [-0.1, -0.05) is 42.5 Å². The first-order valence-electron chi connectivity index (χ1n) is 8.16. The van der Waals surface area contributed by atoms with E-state index in [1.807, 2.05) is 6.07 Å². The van der Waals surface area contributed by atoms with Gasteiger partial charge in [0, 0.05) is 12.6 Å². The lowest BCUT2D eigenvalue weighted by Gasteiger charge is -2.15. The number of hydrogen-bond donors (Lipinski definition) is 1. The average Bonchev–Trinajstić information content (AvgIpc) is 2.52. The quantitative estimate of drug-likeness (QED) is 0.770. The molecule has 0 amide bonds. The number of benzene rings is 2. The normalized spacial score (nSPS) is 12.4. The van der Waals surface area contributed by atoms with Crippen LogP contribution in [0.3, 0.4) is 0 Å². The van der Waals surface area contributed by atoms with Crippen LogP contribution in [0.2, 0.25) is 0 Å². The van der Waals surface area contributed by atoms with Crippen LogP contribution in [0.25, 0.3) is 0 Å². The molecule has 2 nitrogen and oxygen atoms in total. The first kappa shape index (κ1) is 16.6. The summed E-state index contributed by atoms with van der Waals surface area (Å²) in [6, 6.07) is 19.5. The zero-order chi connectivity index (χ0) is 15.8. The highest BCUT2D eigenvalue weighted by atomic mass is 16.5. The Bertz CT molecular complexity index is 551. The van der Waals surface area contributed by atoms with Gasteiger partial charge in [-0.3, -0.25) is 0 Å². The Labute approximate surface area is 134 Å². The molecule has 2 rings (SSSR count). The van der Waals surface area contributed by atoms with Gasteiger partial charge in [0.2, 0.25) is 0 Å². The van der Waals surface area contributed by atoms with Crippen molar-refractivity contribution >= 4 is 0 Å². The lowest BCUT2D eigenvalue weighted by atomic mass is 10.1. The van der Waals surface area contributed by atoms with Crippen LogP contribution in [-0.2, 0) is 13.0 Å². The molecule has 0 unspecified atom stereocenters. The van der Waals surface area contributed by atoms with Crippen molar-refractivity contribution < 1.29 is 4.74 Å². The van der Waals surface area contributed by atoms with Gasteiger partial charge in [0.05, 0.1) is 6.10 Å². The highest BCUT2D eigenvalue weighted by molar-refractivity contribution is 5.28. The third-order valence-electron chi connectivity index (χ3n) is 3.63. The zero-order valence-electron chi connectivity index (χ0n) is 13.9. The van der Waals surface area contributed by atoms with E-state index in [0.29, 0.717) is 6.04 Å². The molecule has 0 saturated carbocycles. The first-order valence-corrected chi connectivity index (χ1v) is 8.16. The van der Waals surface area contributed by atoms with E-state index in [0.717, 1.165) is 25.1 Å². The van der Waals surface area contributed by atoms with E-state index >= 15 is 0 Å². The summed E-state index contributed by atoms with van der Waals surface area (Å²) in [7, 11) is 0. The van der Waals surface area contributed by atoms with Crippen LogP contribution in [0.15, 0.2) is 54.6 Å². The molecule has 2 heteroatoms. The number of rotatable bonds is 8. The summed E-state index contributed by atoms with van der Waals surface area (Å²) in [5, 5.41) is 3.59. The topological polar surface area (TPSA) is 21.3 Å². The Morgan fingerprint density at radius 3 is 2.36 bits per heavy atom. The van der Waals surface area contributed by atoms with Gasteiger partial charge < -0.3 is 10.1 Å². The predicted molar refractivity (Wildman–Crippen MR) is 93.3 cm³/mol. The Hall–Kier alpha value is -1.80. The predicted octanol–water partition coefficient (Wildman–Crippen LogP) is 4.58. The van der Waals surface area contributed by atoms with E-state index in [9.17, 15) is 0 Å². The monoisotopic (exact) mass is 297 g/mol. The van der Waals surface area contributed by atoms with Crippen LogP contribution in [0.1, 0.15) is 38.3 Å². The molecule has 0 fully saturated rings. The van der Waals surface area contributed by atoms with E-state index in [-0.39, 0.29) is 6.10 Å². The largest absolute Gasteiger partial charge is 0.491 e. The van der Waals surface area contributed by atoms with Crippen molar-refractivity contribution in [1.82, 2.24) is 5.32 Å². The number of ether oxygens (including phenoxy) is 1. The molecule has 0 aliphatic heterocycles. The fraction of sp³-hybridized carbons (Fsp3) is 0.400. The summed E-state index contributed by atoms with van der Waals surface area (Å²) in [4.78, 5) is 0. The molecule has 0 saturated heterocycles. The third-order valence-corrected chi connectivity index (χ3v) is 3.63.